The number of amides is 1. The summed E-state index contributed by atoms with van der Waals surface area (Å²) < 4.78 is 6.08. The number of unbranched alkanes of at least 4 members (excludes halogenated alkanes) is 4. The minimum atomic E-state index is -0.128. The average molecular weight is 349 g/mol. The van der Waals surface area contributed by atoms with E-state index in [0.717, 1.165) is 40.5 Å². The predicted octanol–water partition coefficient (Wildman–Crippen LogP) is 6.11. The molecule has 0 saturated heterocycles. The molecule has 0 aliphatic rings. The number of carbonyl (C=O) groups excluding carboxylic acids is 1. The lowest BCUT2D eigenvalue weighted by molar-refractivity contribution is 0.0928. The van der Waals surface area contributed by atoms with E-state index in [0.29, 0.717) is 12.3 Å². The van der Waals surface area contributed by atoms with Crippen LogP contribution in [-0.2, 0) is 0 Å². The molecule has 1 amide bonds. The van der Waals surface area contributed by atoms with Crippen molar-refractivity contribution < 1.29 is 9.21 Å². The number of carbonyl (C=O) groups is 1. The van der Waals surface area contributed by atoms with Gasteiger partial charge in [-0.25, -0.2) is 0 Å². The molecule has 0 fully saturated rings. The third-order valence-corrected chi connectivity index (χ3v) is 4.78. The highest BCUT2D eigenvalue weighted by Crippen LogP contribution is 2.35. The normalized spacial score (nSPS) is 11.0. The van der Waals surface area contributed by atoms with Crippen LogP contribution in [0.1, 0.15) is 55.1 Å². The third kappa shape index (κ3) is 3.98. The summed E-state index contributed by atoms with van der Waals surface area (Å²) in [5.74, 6) is 1.05. The summed E-state index contributed by atoms with van der Waals surface area (Å²) in [5, 5.41) is 4.87. The second-order valence-corrected chi connectivity index (χ2v) is 6.79. The first-order chi connectivity index (χ1) is 12.7. The van der Waals surface area contributed by atoms with E-state index in [9.17, 15) is 4.79 Å². The van der Waals surface area contributed by atoms with E-state index in [1.165, 1.54) is 19.3 Å². The summed E-state index contributed by atoms with van der Waals surface area (Å²) in [6.45, 7) is 4.95. The molecule has 2 aromatic carbocycles. The van der Waals surface area contributed by atoms with Crippen molar-refractivity contribution in [3.8, 4) is 11.3 Å². The zero-order chi connectivity index (χ0) is 18.4. The van der Waals surface area contributed by atoms with Crippen LogP contribution in [0.15, 0.2) is 52.9 Å². The Bertz CT molecular complexity index is 879. The number of rotatable bonds is 8. The zero-order valence-electron chi connectivity index (χ0n) is 15.7. The first-order valence-electron chi connectivity index (χ1n) is 9.58. The molecule has 0 unspecified atom stereocenters. The standard InChI is InChI=1S/C23H27NO2/c1-3-4-5-6-11-16-24-23(25)22-20-15-10-9-14-19(20)21(26-22)18-13-8-7-12-17(18)2/h7-10,12-15H,3-6,11,16H2,1-2H3,(H,24,25). The van der Waals surface area contributed by atoms with Crippen molar-refractivity contribution in [1.82, 2.24) is 5.32 Å². The Morgan fingerprint density at radius 1 is 0.923 bits per heavy atom. The molecule has 0 spiro atoms. The van der Waals surface area contributed by atoms with E-state index in [4.69, 9.17) is 4.42 Å². The van der Waals surface area contributed by atoms with Gasteiger partial charge in [0.05, 0.1) is 0 Å². The molecule has 0 radical (unpaired) electrons. The van der Waals surface area contributed by atoms with Crippen molar-refractivity contribution in [3.05, 3.63) is 59.9 Å². The summed E-state index contributed by atoms with van der Waals surface area (Å²) >= 11 is 0. The molecule has 0 saturated carbocycles. The molecule has 0 aliphatic heterocycles. The second kappa shape index (κ2) is 8.70. The maximum Gasteiger partial charge on any atom is 0.287 e. The van der Waals surface area contributed by atoms with Crippen molar-refractivity contribution in [2.24, 2.45) is 0 Å². The maximum atomic E-state index is 12.7. The highest BCUT2D eigenvalue weighted by atomic mass is 16.4. The summed E-state index contributed by atoms with van der Waals surface area (Å²) in [5.41, 5.74) is 2.16. The van der Waals surface area contributed by atoms with E-state index in [-0.39, 0.29) is 5.91 Å². The SMILES string of the molecule is CCCCCCCNC(=O)c1oc(-c2ccccc2C)c2ccccc12. The Hall–Kier alpha value is -2.55. The van der Waals surface area contributed by atoms with Crippen molar-refractivity contribution in [1.29, 1.82) is 0 Å². The van der Waals surface area contributed by atoms with Gasteiger partial charge in [0.2, 0.25) is 0 Å². The molecule has 3 aromatic rings. The smallest absolute Gasteiger partial charge is 0.287 e. The lowest BCUT2D eigenvalue weighted by Crippen LogP contribution is -2.24. The highest BCUT2D eigenvalue weighted by molar-refractivity contribution is 6.09. The fraction of sp³-hybridized carbons (Fsp3) is 0.348. The Balaban J connectivity index is 1.81. The molecular weight excluding hydrogens is 322 g/mol. The van der Waals surface area contributed by atoms with Crippen molar-refractivity contribution in [3.63, 3.8) is 0 Å². The van der Waals surface area contributed by atoms with Crippen LogP contribution in [0, 0.1) is 6.92 Å². The van der Waals surface area contributed by atoms with Gasteiger partial charge in [0, 0.05) is 22.9 Å². The van der Waals surface area contributed by atoms with Gasteiger partial charge in [0.1, 0.15) is 5.76 Å². The molecular formula is C23H27NO2. The third-order valence-electron chi connectivity index (χ3n) is 4.78. The van der Waals surface area contributed by atoms with Crippen LogP contribution in [-0.4, -0.2) is 12.5 Å². The Kier molecular flexibility index (Phi) is 6.11. The molecule has 1 heterocycles. The largest absolute Gasteiger partial charge is 0.450 e. The quantitative estimate of drug-likeness (QED) is 0.499. The van der Waals surface area contributed by atoms with Gasteiger partial charge >= 0.3 is 0 Å². The molecule has 0 bridgehead atoms. The summed E-state index contributed by atoms with van der Waals surface area (Å²) in [4.78, 5) is 12.7. The van der Waals surface area contributed by atoms with E-state index in [1.54, 1.807) is 0 Å². The lowest BCUT2D eigenvalue weighted by Gasteiger charge is -2.04. The highest BCUT2D eigenvalue weighted by Gasteiger charge is 2.20. The second-order valence-electron chi connectivity index (χ2n) is 6.79. The van der Waals surface area contributed by atoms with Gasteiger partial charge in [0.15, 0.2) is 5.76 Å². The van der Waals surface area contributed by atoms with Crippen LogP contribution in [0.2, 0.25) is 0 Å². The van der Waals surface area contributed by atoms with Crippen LogP contribution in [0.4, 0.5) is 0 Å². The fourth-order valence-electron chi connectivity index (χ4n) is 3.30. The molecule has 3 nitrogen and oxygen atoms in total. The number of benzene rings is 2. The van der Waals surface area contributed by atoms with Gasteiger partial charge in [-0.15, -0.1) is 0 Å². The molecule has 136 valence electrons. The molecule has 1 aromatic heterocycles. The van der Waals surface area contributed by atoms with E-state index in [2.05, 4.69) is 25.2 Å². The zero-order valence-corrected chi connectivity index (χ0v) is 15.7. The molecule has 1 N–H and O–H groups in total. The average Bonchev–Trinajstić information content (AvgIpc) is 3.04. The Morgan fingerprint density at radius 2 is 1.62 bits per heavy atom. The summed E-state index contributed by atoms with van der Waals surface area (Å²) in [6, 6.07) is 16.0. The van der Waals surface area contributed by atoms with E-state index >= 15 is 0 Å². The van der Waals surface area contributed by atoms with Crippen LogP contribution in [0.3, 0.4) is 0 Å². The van der Waals surface area contributed by atoms with Crippen LogP contribution >= 0.6 is 0 Å². The Labute approximate surface area is 155 Å². The number of hydrogen-bond acceptors (Lipinski definition) is 2. The number of aryl methyl sites for hydroxylation is 1. The number of nitrogens with one attached hydrogen (secondary N) is 1. The number of fused-ring (bicyclic) bond motifs is 1. The molecule has 0 atom stereocenters. The van der Waals surface area contributed by atoms with Gasteiger partial charge in [-0.05, 0) is 18.9 Å². The molecule has 3 heteroatoms. The van der Waals surface area contributed by atoms with Gasteiger partial charge in [0.25, 0.3) is 5.91 Å². The van der Waals surface area contributed by atoms with Crippen LogP contribution in [0.5, 0.6) is 0 Å². The lowest BCUT2D eigenvalue weighted by atomic mass is 10.0. The first kappa shape index (κ1) is 18.2. The van der Waals surface area contributed by atoms with Crippen molar-refractivity contribution in [2.75, 3.05) is 6.54 Å². The molecule has 26 heavy (non-hydrogen) atoms. The first-order valence-corrected chi connectivity index (χ1v) is 9.58. The molecule has 3 rings (SSSR count). The maximum absolute atomic E-state index is 12.7. The minimum Gasteiger partial charge on any atom is -0.450 e. The fourth-order valence-corrected chi connectivity index (χ4v) is 3.30. The number of hydrogen-bond donors (Lipinski definition) is 1. The monoisotopic (exact) mass is 349 g/mol. The van der Waals surface area contributed by atoms with Crippen LogP contribution < -0.4 is 5.32 Å². The predicted molar refractivity (Wildman–Crippen MR) is 107 cm³/mol. The Morgan fingerprint density at radius 3 is 2.38 bits per heavy atom. The molecule has 0 aliphatic carbocycles. The van der Waals surface area contributed by atoms with Crippen LogP contribution in [0.25, 0.3) is 22.1 Å². The topological polar surface area (TPSA) is 42.2 Å². The summed E-state index contributed by atoms with van der Waals surface area (Å²) in [6.07, 6.45) is 5.88. The number of furan rings is 1. The van der Waals surface area contributed by atoms with Gasteiger partial charge in [-0.3, -0.25) is 4.79 Å². The van der Waals surface area contributed by atoms with Gasteiger partial charge < -0.3 is 9.73 Å². The van der Waals surface area contributed by atoms with Crippen molar-refractivity contribution >= 4 is 16.7 Å². The van der Waals surface area contributed by atoms with Gasteiger partial charge in [-0.1, -0.05) is 81.1 Å². The summed E-state index contributed by atoms with van der Waals surface area (Å²) in [7, 11) is 0. The van der Waals surface area contributed by atoms with E-state index < -0.39 is 0 Å². The minimum absolute atomic E-state index is 0.128. The van der Waals surface area contributed by atoms with E-state index in [1.807, 2.05) is 42.5 Å². The van der Waals surface area contributed by atoms with Gasteiger partial charge in [-0.2, -0.15) is 0 Å². The van der Waals surface area contributed by atoms with Crippen molar-refractivity contribution in [2.45, 2.75) is 46.0 Å².